The zero-order valence-electron chi connectivity index (χ0n) is 19.8. The quantitative estimate of drug-likeness (QED) is 0.684. The number of rotatable bonds is 5. The Labute approximate surface area is 195 Å². The predicted octanol–water partition coefficient (Wildman–Crippen LogP) is 2.69. The van der Waals surface area contributed by atoms with Crippen molar-refractivity contribution in [1.29, 1.82) is 0 Å². The molecule has 10 heteroatoms. The summed E-state index contributed by atoms with van der Waals surface area (Å²) in [4.78, 5) is 16.1. The number of benzene rings is 1. The van der Waals surface area contributed by atoms with Crippen LogP contribution < -0.4 is 4.74 Å². The Morgan fingerprint density at radius 1 is 1.18 bits per heavy atom. The van der Waals surface area contributed by atoms with Gasteiger partial charge in [-0.2, -0.15) is 0 Å². The maximum atomic E-state index is 14.2. The number of aliphatic hydroxyl groups excluding tert-OH is 1. The normalized spacial score (nSPS) is 25.0. The van der Waals surface area contributed by atoms with Crippen molar-refractivity contribution in [3.63, 3.8) is 0 Å². The van der Waals surface area contributed by atoms with Crippen molar-refractivity contribution < 1.29 is 32.2 Å². The lowest BCUT2D eigenvalue weighted by Gasteiger charge is -2.44. The topological polar surface area (TPSA) is 96.4 Å². The van der Waals surface area contributed by atoms with Gasteiger partial charge in [-0.25, -0.2) is 17.6 Å². The molecule has 1 saturated carbocycles. The van der Waals surface area contributed by atoms with Crippen LogP contribution in [0.5, 0.6) is 5.75 Å². The minimum atomic E-state index is -3.48. The first-order valence-electron chi connectivity index (χ1n) is 11.4. The molecule has 2 aliphatic rings. The molecule has 1 amide bonds. The van der Waals surface area contributed by atoms with Gasteiger partial charge in [-0.1, -0.05) is 0 Å². The van der Waals surface area contributed by atoms with E-state index in [4.69, 9.17) is 9.47 Å². The van der Waals surface area contributed by atoms with Crippen LogP contribution in [0, 0.1) is 11.7 Å². The first kappa shape index (κ1) is 25.7. The summed E-state index contributed by atoms with van der Waals surface area (Å²) in [6, 6.07) is 3.65. The Kier molecular flexibility index (Phi) is 7.91. The average Bonchev–Trinajstić information content (AvgIpc) is 2.71. The van der Waals surface area contributed by atoms with Gasteiger partial charge in [0.25, 0.3) is 0 Å². The average molecular weight is 487 g/mol. The summed E-state index contributed by atoms with van der Waals surface area (Å²) in [7, 11) is -3.48. The second-order valence-electron chi connectivity index (χ2n) is 9.99. The molecule has 2 fully saturated rings. The number of hydrogen-bond donors (Lipinski definition) is 1. The summed E-state index contributed by atoms with van der Waals surface area (Å²) in [5, 5.41) is 10.8. The third-order valence-electron chi connectivity index (χ3n) is 6.13. The highest BCUT2D eigenvalue weighted by atomic mass is 32.2. The lowest BCUT2D eigenvalue weighted by Crippen LogP contribution is -2.56. The lowest BCUT2D eigenvalue weighted by molar-refractivity contribution is -0.0294. The minimum Gasteiger partial charge on any atom is -0.490 e. The highest BCUT2D eigenvalue weighted by molar-refractivity contribution is 7.90. The highest BCUT2D eigenvalue weighted by Gasteiger charge is 2.36. The molecule has 8 nitrogen and oxygen atoms in total. The maximum absolute atomic E-state index is 14.2. The van der Waals surface area contributed by atoms with Gasteiger partial charge in [0, 0.05) is 38.5 Å². The van der Waals surface area contributed by atoms with E-state index in [-0.39, 0.29) is 35.3 Å². The highest BCUT2D eigenvalue weighted by Crippen LogP contribution is 2.30. The van der Waals surface area contributed by atoms with Gasteiger partial charge in [0.2, 0.25) is 0 Å². The van der Waals surface area contributed by atoms with Crippen LogP contribution in [-0.4, -0.2) is 86.2 Å². The Hall–Kier alpha value is -1.91. The standard InChI is InChI=1S/C23H35FN2O6S/c1-23(2,3)32-22(28)26-11-9-25(10-12-26)19-7-5-16(13-20(19)27)15-31-21-8-6-17(14-18(21)24)33(4,29)30/h6,8,14,16,19-20,27H,5,7,9-13,15H2,1-4H3. The summed E-state index contributed by atoms with van der Waals surface area (Å²) < 4.78 is 48.3. The van der Waals surface area contributed by atoms with Gasteiger partial charge in [-0.15, -0.1) is 0 Å². The summed E-state index contributed by atoms with van der Waals surface area (Å²) in [5.74, 6) is -0.624. The fourth-order valence-corrected chi connectivity index (χ4v) is 5.02. The van der Waals surface area contributed by atoms with Crippen molar-refractivity contribution in [3.05, 3.63) is 24.0 Å². The SMILES string of the molecule is CC(C)(C)OC(=O)N1CCN(C2CCC(COc3ccc(S(C)(=O)=O)cc3F)CC2O)CC1. The molecular weight excluding hydrogens is 451 g/mol. The first-order chi connectivity index (χ1) is 15.3. The van der Waals surface area contributed by atoms with E-state index in [0.29, 0.717) is 32.6 Å². The zero-order valence-corrected chi connectivity index (χ0v) is 20.6. The molecule has 1 aromatic carbocycles. The number of sulfone groups is 1. The Bertz CT molecular complexity index is 941. The molecule has 1 aliphatic heterocycles. The molecular formula is C23H35FN2O6S. The Morgan fingerprint density at radius 2 is 1.85 bits per heavy atom. The van der Waals surface area contributed by atoms with Crippen LogP contribution in [0.2, 0.25) is 0 Å². The molecule has 1 heterocycles. The van der Waals surface area contributed by atoms with Gasteiger partial charge in [0.1, 0.15) is 5.60 Å². The van der Waals surface area contributed by atoms with Crippen molar-refractivity contribution in [2.24, 2.45) is 5.92 Å². The van der Waals surface area contributed by atoms with Crippen LogP contribution in [0.25, 0.3) is 0 Å². The summed E-state index contributed by atoms with van der Waals surface area (Å²) in [6.07, 6.45) is 2.35. The number of ether oxygens (including phenoxy) is 2. The molecule has 0 aromatic heterocycles. The number of nitrogens with zero attached hydrogens (tertiary/aromatic N) is 2. The van der Waals surface area contributed by atoms with Crippen LogP contribution in [0.1, 0.15) is 40.0 Å². The first-order valence-corrected chi connectivity index (χ1v) is 13.2. The van der Waals surface area contributed by atoms with E-state index in [9.17, 15) is 22.7 Å². The van der Waals surface area contributed by atoms with Crippen molar-refractivity contribution in [1.82, 2.24) is 9.80 Å². The molecule has 33 heavy (non-hydrogen) atoms. The molecule has 0 spiro atoms. The molecule has 1 N–H and O–H groups in total. The lowest BCUT2D eigenvalue weighted by atomic mass is 9.83. The van der Waals surface area contributed by atoms with Gasteiger partial charge in [-0.05, 0) is 64.2 Å². The number of halogens is 1. The van der Waals surface area contributed by atoms with Gasteiger partial charge in [0.05, 0.1) is 17.6 Å². The molecule has 3 unspecified atom stereocenters. The number of hydrogen-bond acceptors (Lipinski definition) is 7. The van der Waals surface area contributed by atoms with Crippen molar-refractivity contribution >= 4 is 15.9 Å². The predicted molar refractivity (Wildman–Crippen MR) is 122 cm³/mol. The molecule has 0 bridgehead atoms. The summed E-state index contributed by atoms with van der Waals surface area (Å²) >= 11 is 0. The fraction of sp³-hybridized carbons (Fsp3) is 0.696. The maximum Gasteiger partial charge on any atom is 0.410 e. The Balaban J connectivity index is 1.46. The van der Waals surface area contributed by atoms with E-state index in [1.54, 1.807) is 4.90 Å². The number of amides is 1. The monoisotopic (exact) mass is 486 g/mol. The van der Waals surface area contributed by atoms with E-state index >= 15 is 0 Å². The van der Waals surface area contributed by atoms with E-state index in [1.165, 1.54) is 12.1 Å². The number of carbonyl (C=O) groups excluding carboxylic acids is 1. The van der Waals surface area contributed by atoms with Gasteiger partial charge in [0.15, 0.2) is 21.4 Å². The zero-order chi connectivity index (χ0) is 24.4. The van der Waals surface area contributed by atoms with Crippen LogP contribution in [-0.2, 0) is 14.6 Å². The third-order valence-corrected chi connectivity index (χ3v) is 7.24. The summed E-state index contributed by atoms with van der Waals surface area (Å²) in [5.41, 5.74) is -0.524. The van der Waals surface area contributed by atoms with E-state index in [1.807, 2.05) is 20.8 Å². The molecule has 1 aliphatic carbocycles. The Morgan fingerprint density at radius 3 is 2.39 bits per heavy atom. The van der Waals surface area contributed by atoms with Crippen LogP contribution in [0.15, 0.2) is 23.1 Å². The van der Waals surface area contributed by atoms with Gasteiger partial charge >= 0.3 is 6.09 Å². The smallest absolute Gasteiger partial charge is 0.410 e. The largest absolute Gasteiger partial charge is 0.490 e. The second-order valence-corrected chi connectivity index (χ2v) is 12.0. The van der Waals surface area contributed by atoms with Crippen LogP contribution >= 0.6 is 0 Å². The number of piperazine rings is 1. The van der Waals surface area contributed by atoms with Crippen molar-refractivity contribution in [3.8, 4) is 5.75 Å². The second kappa shape index (κ2) is 10.1. The fourth-order valence-electron chi connectivity index (χ4n) is 4.39. The van der Waals surface area contributed by atoms with E-state index in [0.717, 1.165) is 25.2 Å². The van der Waals surface area contributed by atoms with Gasteiger partial charge in [-0.3, -0.25) is 4.90 Å². The molecule has 3 rings (SSSR count). The van der Waals surface area contributed by atoms with Crippen LogP contribution in [0.3, 0.4) is 0 Å². The van der Waals surface area contributed by atoms with Crippen LogP contribution in [0.4, 0.5) is 9.18 Å². The number of aliphatic hydroxyl groups is 1. The molecule has 1 saturated heterocycles. The van der Waals surface area contributed by atoms with E-state index in [2.05, 4.69) is 4.90 Å². The molecule has 3 atom stereocenters. The van der Waals surface area contributed by atoms with Crippen molar-refractivity contribution in [2.45, 2.75) is 62.7 Å². The third kappa shape index (κ3) is 7.04. The minimum absolute atomic E-state index is 0.0114. The summed E-state index contributed by atoms with van der Waals surface area (Å²) in [6.45, 7) is 8.28. The molecule has 0 radical (unpaired) electrons. The molecule has 1 aromatic rings. The number of carbonyl (C=O) groups is 1. The van der Waals surface area contributed by atoms with Gasteiger partial charge < -0.3 is 19.5 Å². The van der Waals surface area contributed by atoms with E-state index < -0.39 is 27.4 Å². The molecule has 186 valence electrons. The van der Waals surface area contributed by atoms with Crippen molar-refractivity contribution in [2.75, 3.05) is 39.0 Å².